The maximum absolute atomic E-state index is 14.0. The molecule has 216 valence electrons. The molecule has 0 aliphatic heterocycles. The van der Waals surface area contributed by atoms with Gasteiger partial charge in [-0.2, -0.15) is 0 Å². The molecule has 0 bridgehead atoms. The van der Waals surface area contributed by atoms with E-state index in [0.29, 0.717) is 46.6 Å². The van der Waals surface area contributed by atoms with Crippen LogP contribution >= 0.6 is 0 Å². The molecule has 0 radical (unpaired) electrons. The second-order valence-electron chi connectivity index (χ2n) is 9.91. The molecule has 10 heteroatoms. The van der Waals surface area contributed by atoms with Gasteiger partial charge in [-0.25, -0.2) is 16.8 Å². The summed E-state index contributed by atoms with van der Waals surface area (Å²) in [4.78, 5) is 2.33. The molecule has 0 spiro atoms. The van der Waals surface area contributed by atoms with E-state index in [4.69, 9.17) is 9.47 Å². The Labute approximate surface area is 241 Å². The lowest BCUT2D eigenvalue weighted by atomic mass is 10.1. The van der Waals surface area contributed by atoms with E-state index in [-0.39, 0.29) is 20.6 Å². The Kier molecular flexibility index (Phi) is 9.17. The van der Waals surface area contributed by atoms with Crippen LogP contribution in [-0.4, -0.2) is 39.2 Å². The summed E-state index contributed by atoms with van der Waals surface area (Å²) in [6, 6.07) is 16.2. The molecule has 0 saturated carbocycles. The Balaban J connectivity index is 1.90. The molecule has 41 heavy (non-hydrogen) atoms. The number of benzene rings is 4. The van der Waals surface area contributed by atoms with Crippen molar-refractivity contribution >= 4 is 45.6 Å². The molecule has 0 aliphatic carbocycles. The van der Waals surface area contributed by atoms with Crippen molar-refractivity contribution in [1.82, 2.24) is 0 Å². The van der Waals surface area contributed by atoms with Crippen LogP contribution in [0.25, 0.3) is 27.1 Å². The third kappa shape index (κ3) is 5.73. The molecule has 0 unspecified atom stereocenters. The number of sulfone groups is 2. The molecule has 4 rings (SSSR count). The van der Waals surface area contributed by atoms with E-state index >= 15 is 0 Å². The molecule has 0 saturated heterocycles. The molecule has 8 nitrogen and oxygen atoms in total. The van der Waals surface area contributed by atoms with Gasteiger partial charge < -0.3 is 15.0 Å². The van der Waals surface area contributed by atoms with Crippen LogP contribution in [0.5, 0.6) is 11.5 Å². The van der Waals surface area contributed by atoms with Crippen molar-refractivity contribution in [3.8, 4) is 11.5 Å². The van der Waals surface area contributed by atoms with Crippen LogP contribution in [0.15, 0.2) is 70.5 Å². The first kappa shape index (κ1) is 30.2. The minimum Gasteiger partial charge on any atom is -0.493 e. The molecule has 4 aromatic rings. The highest BCUT2D eigenvalue weighted by Gasteiger charge is 2.46. The van der Waals surface area contributed by atoms with Crippen LogP contribution in [0.2, 0.25) is 0 Å². The first-order valence-electron chi connectivity index (χ1n) is 13.6. The minimum absolute atomic E-state index is 0.265. The van der Waals surface area contributed by atoms with Crippen molar-refractivity contribution in [2.75, 3.05) is 13.2 Å². The van der Waals surface area contributed by atoms with Gasteiger partial charge in [0, 0.05) is 21.5 Å². The highest BCUT2D eigenvalue weighted by molar-refractivity contribution is 8.31. The molecule has 0 amide bonds. The molecular weight excluding hydrogens is 560 g/mol. The largest absolute Gasteiger partial charge is 0.504 e. The van der Waals surface area contributed by atoms with Crippen molar-refractivity contribution < 1.29 is 31.1 Å². The standard InChI is InChI=1S/C31H34N2O6S2/c1-5-7-17-38-29-21(3)19-27(23-13-9-11-15-25(23)29)40(34,35)31(33-32)41(36,37)28-20-22(4)30(39-18-8-6-2)26-16-12-10-14-24(26)28/h9-16,19-20H,5-8,17-18H2,1-4H3. The first-order chi connectivity index (χ1) is 19.6. The number of fused-ring (bicyclic) bond motifs is 2. The summed E-state index contributed by atoms with van der Waals surface area (Å²) in [6.07, 6.45) is 3.50. The Hall–Kier alpha value is -3.72. The maximum Gasteiger partial charge on any atom is 0.504 e. The van der Waals surface area contributed by atoms with Gasteiger partial charge in [0.05, 0.1) is 23.0 Å². The van der Waals surface area contributed by atoms with Crippen LogP contribution in [0, 0.1) is 13.8 Å². The van der Waals surface area contributed by atoms with Gasteiger partial charge in [-0.3, -0.25) is 0 Å². The SMILES string of the molecule is CCCCOc1c(C)cc(S(=O)(=O)C(=[N+]=[N-])S(=O)(=O)c2cc(C)c(OCCCC)c3ccccc23)c2ccccc12. The predicted molar refractivity (Wildman–Crippen MR) is 161 cm³/mol. The highest BCUT2D eigenvalue weighted by atomic mass is 32.3. The van der Waals surface area contributed by atoms with Crippen LogP contribution in [0.3, 0.4) is 0 Å². The van der Waals surface area contributed by atoms with Gasteiger partial charge in [-0.1, -0.05) is 75.2 Å². The van der Waals surface area contributed by atoms with Gasteiger partial charge in [0.1, 0.15) is 11.5 Å². The van der Waals surface area contributed by atoms with Crippen molar-refractivity contribution in [3.63, 3.8) is 0 Å². The smallest absolute Gasteiger partial charge is 0.493 e. The molecule has 0 heterocycles. The van der Waals surface area contributed by atoms with Crippen molar-refractivity contribution in [3.05, 3.63) is 77.3 Å². The molecular formula is C31H34N2O6S2. The average Bonchev–Trinajstić information content (AvgIpc) is 2.95. The summed E-state index contributed by atoms with van der Waals surface area (Å²) >= 11 is 0. The van der Waals surface area contributed by atoms with Crippen molar-refractivity contribution in [2.45, 2.75) is 63.2 Å². The van der Waals surface area contributed by atoms with Gasteiger partial charge in [-0.15, -0.1) is 4.79 Å². The van der Waals surface area contributed by atoms with Crippen LogP contribution in [-0.2, 0) is 19.7 Å². The summed E-state index contributed by atoms with van der Waals surface area (Å²) in [5, 5.41) is 1.57. The van der Waals surface area contributed by atoms with E-state index in [1.165, 1.54) is 12.1 Å². The number of unbranched alkanes of at least 4 members (excludes halogenated alkanes) is 2. The van der Waals surface area contributed by atoms with Crippen LogP contribution in [0.1, 0.15) is 50.7 Å². The molecule has 0 aliphatic rings. The summed E-state index contributed by atoms with van der Waals surface area (Å²) in [5.41, 5.74) is 11.0. The first-order valence-corrected chi connectivity index (χ1v) is 16.6. The average molecular weight is 595 g/mol. The third-order valence-electron chi connectivity index (χ3n) is 6.89. The van der Waals surface area contributed by atoms with Crippen molar-refractivity contribution in [1.29, 1.82) is 0 Å². The minimum atomic E-state index is -4.83. The highest BCUT2D eigenvalue weighted by Crippen LogP contribution is 2.39. The van der Waals surface area contributed by atoms with E-state index in [9.17, 15) is 22.4 Å². The van der Waals surface area contributed by atoms with Gasteiger partial charge in [0.25, 0.3) is 19.7 Å². The summed E-state index contributed by atoms with van der Waals surface area (Å²) in [5.74, 6) is 1.05. The lowest BCUT2D eigenvalue weighted by Crippen LogP contribution is -2.27. The monoisotopic (exact) mass is 594 g/mol. The number of rotatable bonds is 10. The van der Waals surface area contributed by atoms with E-state index in [1.807, 2.05) is 13.8 Å². The fourth-order valence-corrected chi connectivity index (χ4v) is 8.69. The topological polar surface area (TPSA) is 123 Å². The van der Waals surface area contributed by atoms with Crippen molar-refractivity contribution in [2.24, 2.45) is 0 Å². The zero-order chi connectivity index (χ0) is 29.8. The summed E-state index contributed by atoms with van der Waals surface area (Å²) in [7, 11) is -9.66. The zero-order valence-corrected chi connectivity index (χ0v) is 25.3. The second kappa shape index (κ2) is 12.4. The summed E-state index contributed by atoms with van der Waals surface area (Å²) < 4.78 is 66.8. The lowest BCUT2D eigenvalue weighted by molar-refractivity contribution is 0.00381. The van der Waals surface area contributed by atoms with E-state index in [2.05, 4.69) is 4.79 Å². The molecule has 0 atom stereocenters. The van der Waals surface area contributed by atoms with E-state index in [0.717, 1.165) is 25.7 Å². The van der Waals surface area contributed by atoms with Gasteiger partial charge in [-0.05, 0) is 49.9 Å². The fourth-order valence-electron chi connectivity index (χ4n) is 4.80. The predicted octanol–water partition coefficient (Wildman–Crippen LogP) is 6.80. The number of nitrogens with zero attached hydrogens (tertiary/aromatic N) is 2. The van der Waals surface area contributed by atoms with Crippen LogP contribution in [0.4, 0.5) is 0 Å². The molecule has 0 fully saturated rings. The fraction of sp³-hybridized carbons (Fsp3) is 0.323. The maximum atomic E-state index is 14.0. The van der Waals surface area contributed by atoms with E-state index < -0.39 is 24.1 Å². The van der Waals surface area contributed by atoms with Gasteiger partial charge >= 0.3 is 4.38 Å². The Bertz CT molecular complexity index is 1740. The van der Waals surface area contributed by atoms with Gasteiger partial charge in [0.15, 0.2) is 0 Å². The number of hydrogen-bond acceptors (Lipinski definition) is 6. The molecule has 4 aromatic carbocycles. The normalized spacial score (nSPS) is 11.9. The molecule has 0 N–H and O–H groups in total. The number of aryl methyl sites for hydroxylation is 2. The Morgan fingerprint density at radius 2 is 1.05 bits per heavy atom. The van der Waals surface area contributed by atoms with Crippen LogP contribution < -0.4 is 9.47 Å². The molecule has 0 aromatic heterocycles. The third-order valence-corrected chi connectivity index (χ3v) is 11.1. The van der Waals surface area contributed by atoms with E-state index in [1.54, 1.807) is 62.4 Å². The summed E-state index contributed by atoms with van der Waals surface area (Å²) in [6.45, 7) is 8.39. The Morgan fingerprint density at radius 3 is 1.39 bits per heavy atom. The van der Waals surface area contributed by atoms with Gasteiger partial charge in [0.2, 0.25) is 0 Å². The lowest BCUT2D eigenvalue weighted by Gasteiger charge is -2.16. The Morgan fingerprint density at radius 1 is 0.683 bits per heavy atom. The second-order valence-corrected chi connectivity index (χ2v) is 13.8. The number of ether oxygens (including phenoxy) is 2. The quantitative estimate of drug-likeness (QED) is 0.0654. The number of hydrogen-bond donors (Lipinski definition) is 0. The zero-order valence-electron chi connectivity index (χ0n) is 23.7.